The van der Waals surface area contributed by atoms with Gasteiger partial charge in [-0.2, -0.15) is 20.1 Å². The normalized spacial score (nSPS) is 24.0. The van der Waals surface area contributed by atoms with Crippen molar-refractivity contribution in [2.75, 3.05) is 43.1 Å². The van der Waals surface area contributed by atoms with Crippen LogP contribution in [0.1, 0.15) is 44.9 Å². The van der Waals surface area contributed by atoms with E-state index >= 15 is 8.78 Å². The number of hydrogen-bond acceptors (Lipinski definition) is 12. The van der Waals surface area contributed by atoms with Gasteiger partial charge in [-0.3, -0.25) is 9.59 Å². The Hall–Kier alpha value is -6.37. The molecule has 6 aliphatic rings. The maximum Gasteiger partial charge on any atom is 0.317 e. The maximum absolute atomic E-state index is 15.5. The predicted molar refractivity (Wildman–Crippen MR) is 219 cm³/mol. The number of carbonyl (C=O) groups excluding carboxylic acids is 2. The molecule has 5 fully saturated rings. The van der Waals surface area contributed by atoms with Crippen molar-refractivity contribution in [3.8, 4) is 23.0 Å². The number of hydrogen-bond donors (Lipinski definition) is 0. The highest BCUT2D eigenvalue weighted by molar-refractivity contribution is 5.94. The molecule has 5 aliphatic heterocycles. The van der Waals surface area contributed by atoms with Crippen molar-refractivity contribution in [1.82, 2.24) is 49.1 Å². The quantitative estimate of drug-likeness (QED) is 0.231. The zero-order chi connectivity index (χ0) is 42.6. The third-order valence-corrected chi connectivity index (χ3v) is 12.9. The second kappa shape index (κ2) is 14.6. The Balaban J connectivity index is 1.04. The molecule has 0 radical (unpaired) electrons. The molecule has 4 aromatic heterocycles. The number of nitrogens with zero attached hydrogens (tertiary/aromatic N) is 12. The summed E-state index contributed by atoms with van der Waals surface area (Å²) >= 11 is 0. The van der Waals surface area contributed by atoms with Crippen LogP contribution < -0.4 is 14.5 Å². The number of carbonyl (C=O) groups is 2. The van der Waals surface area contributed by atoms with Crippen LogP contribution in [-0.2, 0) is 20.9 Å². The lowest BCUT2D eigenvalue weighted by Crippen LogP contribution is -2.58. The van der Waals surface area contributed by atoms with E-state index in [0.29, 0.717) is 71.4 Å². The minimum atomic E-state index is -0.833. The van der Waals surface area contributed by atoms with E-state index in [2.05, 4.69) is 20.0 Å². The predicted octanol–water partition coefficient (Wildman–Crippen LogP) is 4.59. The summed E-state index contributed by atoms with van der Waals surface area (Å²) in [7, 11) is 1.73. The van der Waals surface area contributed by atoms with Crippen molar-refractivity contribution in [2.45, 2.75) is 88.9 Å². The fraction of sp³-hybridized carbons (Fsp3) is 0.442. The maximum atomic E-state index is 15.5. The van der Waals surface area contributed by atoms with Gasteiger partial charge in [0.1, 0.15) is 41.1 Å². The number of benzene rings is 2. The third kappa shape index (κ3) is 6.46. The zero-order valence-corrected chi connectivity index (χ0v) is 34.3. The van der Waals surface area contributed by atoms with Crippen LogP contribution in [0.2, 0.25) is 0 Å². The molecular weight excluding hydrogens is 806 g/mol. The smallest absolute Gasteiger partial charge is 0.317 e. The number of amides is 2. The van der Waals surface area contributed by atoms with Crippen LogP contribution in [0.15, 0.2) is 48.8 Å². The number of halogens is 3. The van der Waals surface area contributed by atoms with E-state index in [4.69, 9.17) is 24.4 Å². The van der Waals surface area contributed by atoms with Crippen molar-refractivity contribution >= 4 is 45.6 Å². The Morgan fingerprint density at radius 3 is 2.55 bits per heavy atom. The molecule has 320 valence electrons. The zero-order valence-electron chi connectivity index (χ0n) is 34.3. The number of ether oxygens (including phenoxy) is 2. The topological polar surface area (TPSA) is 153 Å². The molecule has 9 heterocycles. The largest absolute Gasteiger partial charge is 0.458 e. The minimum Gasteiger partial charge on any atom is -0.458 e. The van der Waals surface area contributed by atoms with Crippen molar-refractivity contribution in [2.24, 2.45) is 0 Å². The summed E-state index contributed by atoms with van der Waals surface area (Å²) in [6, 6.07) is 7.01. The Morgan fingerprint density at radius 2 is 1.74 bits per heavy atom. The Kier molecular flexibility index (Phi) is 9.10. The summed E-state index contributed by atoms with van der Waals surface area (Å²) in [5.74, 6) is -0.843. The van der Waals surface area contributed by atoms with E-state index in [0.717, 1.165) is 31.4 Å². The van der Waals surface area contributed by atoms with Crippen LogP contribution in [0.25, 0.3) is 39.0 Å². The molecule has 1 saturated carbocycles. The first-order valence-corrected chi connectivity index (χ1v) is 21.1. The molecule has 62 heavy (non-hydrogen) atoms. The first-order chi connectivity index (χ1) is 30.0. The fourth-order valence-corrected chi connectivity index (χ4v) is 9.87. The molecule has 6 aromatic rings. The van der Waals surface area contributed by atoms with Crippen LogP contribution in [0.3, 0.4) is 0 Å². The van der Waals surface area contributed by atoms with Gasteiger partial charge in [0.25, 0.3) is 0 Å². The number of aromatic nitrogens is 8. The first-order valence-electron chi connectivity index (χ1n) is 21.1. The number of anilines is 2. The van der Waals surface area contributed by atoms with Gasteiger partial charge in [0.2, 0.25) is 17.8 Å². The van der Waals surface area contributed by atoms with Crippen molar-refractivity contribution in [3.05, 3.63) is 72.1 Å². The van der Waals surface area contributed by atoms with Gasteiger partial charge in [-0.15, -0.1) is 0 Å². The molecule has 16 nitrogen and oxygen atoms in total. The van der Waals surface area contributed by atoms with Crippen LogP contribution in [0.5, 0.6) is 6.01 Å². The Morgan fingerprint density at radius 1 is 0.887 bits per heavy atom. The van der Waals surface area contributed by atoms with Gasteiger partial charge in [0, 0.05) is 75.6 Å². The van der Waals surface area contributed by atoms with Crippen molar-refractivity contribution < 1.29 is 32.2 Å². The van der Waals surface area contributed by atoms with Gasteiger partial charge >= 0.3 is 6.01 Å². The molecule has 6 bridgehead atoms. The molecule has 19 heteroatoms. The average Bonchev–Trinajstić information content (AvgIpc) is 3.83. The summed E-state index contributed by atoms with van der Waals surface area (Å²) in [6.45, 7) is 5.33. The number of likely N-dealkylation sites (N-methyl/N-ethyl adjacent to an activating group) is 1. The lowest BCUT2D eigenvalue weighted by molar-refractivity contribution is -0.133. The Bertz CT molecular complexity index is 2800. The number of aryl methyl sites for hydroxylation is 1. The standard InChI is InChI=1S/C43H43F3N12O4/c1-4-61-29-19-53(3)41(60)36-16-28(62-43-47-10-9-33(50-43)30-11-24(45)13-34-38(30)54(21-29)22(2)49-34)20-56(36)39-31-17-48-58(35-8-5-23(44)12-32(35)46)40(31)52-42(51-39)57-26-14-27(57)18-55(25-6-7-25)37(59)15-26/h5,8-13,17,25-29,36H,4,6-7,14-16,18-21H2,1-3H3/t26-,27?,28+,29+,36+/m1/s1. The third-order valence-electron chi connectivity index (χ3n) is 12.9. The van der Waals surface area contributed by atoms with E-state index in [1.807, 2.05) is 28.2 Å². The molecule has 0 spiro atoms. The highest BCUT2D eigenvalue weighted by Crippen LogP contribution is 2.42. The molecule has 12 rings (SSSR count). The van der Waals surface area contributed by atoms with Gasteiger partial charge in [-0.05, 0) is 57.4 Å². The van der Waals surface area contributed by atoms with E-state index in [9.17, 15) is 14.0 Å². The first kappa shape index (κ1) is 38.5. The second-order valence-corrected chi connectivity index (χ2v) is 16.9. The van der Waals surface area contributed by atoms with Gasteiger partial charge in [-0.1, -0.05) is 0 Å². The molecule has 0 N–H and O–H groups in total. The average molecular weight is 849 g/mol. The van der Waals surface area contributed by atoms with Crippen LogP contribution in [-0.4, -0.2) is 131 Å². The van der Waals surface area contributed by atoms with E-state index < -0.39 is 35.7 Å². The van der Waals surface area contributed by atoms with Crippen LogP contribution in [0, 0.1) is 24.4 Å². The highest BCUT2D eigenvalue weighted by Gasteiger charge is 2.50. The molecule has 1 unspecified atom stereocenters. The van der Waals surface area contributed by atoms with Gasteiger partial charge in [-0.25, -0.2) is 27.8 Å². The van der Waals surface area contributed by atoms with Gasteiger partial charge in [0.05, 0.1) is 53.5 Å². The SMILES string of the molecule is CCO[C@H]1CN(C)C(=O)[C@@H]2C[C@@H](CN2c2nc(N3C4C[C@@H]3CC(=O)N(C3CC3)C4)nc3c2cnn3-c2ccc(F)cc2F)Oc2nccc(n2)-c2cc(F)cc3nc(C)n(c23)C1. The number of rotatable bonds is 6. The molecule has 5 atom stereocenters. The van der Waals surface area contributed by atoms with E-state index in [1.54, 1.807) is 24.2 Å². The fourth-order valence-electron chi connectivity index (χ4n) is 9.87. The Labute approximate surface area is 353 Å². The summed E-state index contributed by atoms with van der Waals surface area (Å²) in [4.78, 5) is 60.0. The molecule has 2 aromatic carbocycles. The minimum absolute atomic E-state index is 0.0181. The summed E-state index contributed by atoms with van der Waals surface area (Å²) in [5, 5.41) is 4.98. The summed E-state index contributed by atoms with van der Waals surface area (Å²) < 4.78 is 60.9. The van der Waals surface area contributed by atoms with Crippen molar-refractivity contribution in [3.63, 3.8) is 0 Å². The molecular formula is C43H43F3N12O4. The van der Waals surface area contributed by atoms with Gasteiger partial charge in [0.15, 0.2) is 11.5 Å². The highest BCUT2D eigenvalue weighted by atomic mass is 19.1. The summed E-state index contributed by atoms with van der Waals surface area (Å²) in [6.07, 6.45) is 5.24. The van der Waals surface area contributed by atoms with Crippen LogP contribution in [0.4, 0.5) is 24.9 Å². The van der Waals surface area contributed by atoms with Gasteiger partial charge < -0.3 is 33.6 Å². The lowest BCUT2D eigenvalue weighted by atomic mass is 9.92. The van der Waals surface area contributed by atoms with E-state index in [-0.39, 0.29) is 66.8 Å². The summed E-state index contributed by atoms with van der Waals surface area (Å²) in [5.41, 5.74) is 2.30. The van der Waals surface area contributed by atoms with Crippen LogP contribution >= 0.6 is 0 Å². The molecule has 1 aliphatic carbocycles. The monoisotopic (exact) mass is 848 g/mol. The van der Waals surface area contributed by atoms with E-state index in [1.165, 1.54) is 29.1 Å². The second-order valence-electron chi connectivity index (χ2n) is 16.9. The van der Waals surface area contributed by atoms with Crippen molar-refractivity contribution in [1.29, 1.82) is 0 Å². The lowest BCUT2D eigenvalue weighted by Gasteiger charge is -2.47. The molecule has 4 saturated heterocycles. The number of imidazole rings is 1. The molecule has 2 amide bonds. The number of fused-ring (bicyclic) bond motifs is 9.